The third-order valence-electron chi connectivity index (χ3n) is 3.89. The number of carbonyl (C=O) groups is 1. The number of carboxylic acid groups (broad SMARTS) is 1. The highest BCUT2D eigenvalue weighted by Crippen LogP contribution is 2.38. The van der Waals surface area contributed by atoms with Gasteiger partial charge in [-0.1, -0.05) is 6.07 Å². The number of rotatable bonds is 2. The van der Waals surface area contributed by atoms with Crippen LogP contribution in [0.5, 0.6) is 5.75 Å². The quantitative estimate of drug-likeness (QED) is 0.877. The molecule has 1 N–H and O–H groups in total. The number of halogens is 3. The van der Waals surface area contributed by atoms with Gasteiger partial charge in [0.15, 0.2) is 0 Å². The molecule has 6 heteroatoms. The molecular formula is C18H13F3O3. The number of benzene rings is 2. The molecule has 3 rings (SSSR count). The van der Waals surface area contributed by atoms with Gasteiger partial charge in [-0.25, -0.2) is 4.79 Å². The lowest BCUT2D eigenvalue weighted by molar-refractivity contribution is -0.137. The molecule has 2 aromatic rings. The van der Waals surface area contributed by atoms with Crippen LogP contribution in [0.1, 0.15) is 32.6 Å². The Hall–Kier alpha value is -2.76. The van der Waals surface area contributed by atoms with Crippen LogP contribution in [0, 0.1) is 6.92 Å². The largest absolute Gasteiger partial charge is 0.489 e. The minimum atomic E-state index is -4.40. The van der Waals surface area contributed by atoms with Crippen molar-refractivity contribution in [3.8, 4) is 5.75 Å². The van der Waals surface area contributed by atoms with Crippen LogP contribution in [0.25, 0.3) is 5.57 Å². The van der Waals surface area contributed by atoms with Crippen LogP contribution < -0.4 is 4.74 Å². The average Bonchev–Trinajstić information content (AvgIpc) is 2.53. The topological polar surface area (TPSA) is 46.5 Å². The van der Waals surface area contributed by atoms with Gasteiger partial charge in [0.25, 0.3) is 0 Å². The summed E-state index contributed by atoms with van der Waals surface area (Å²) >= 11 is 0. The molecule has 0 atom stereocenters. The third-order valence-corrected chi connectivity index (χ3v) is 3.89. The van der Waals surface area contributed by atoms with Crippen LogP contribution >= 0.6 is 0 Å². The predicted molar refractivity (Wildman–Crippen MR) is 82.2 cm³/mol. The molecule has 0 amide bonds. The number of hydrogen-bond acceptors (Lipinski definition) is 2. The van der Waals surface area contributed by atoms with E-state index in [9.17, 15) is 18.0 Å². The molecule has 0 saturated heterocycles. The summed E-state index contributed by atoms with van der Waals surface area (Å²) in [5.41, 5.74) is 1.69. The van der Waals surface area contributed by atoms with Crippen molar-refractivity contribution in [3.63, 3.8) is 0 Å². The summed E-state index contributed by atoms with van der Waals surface area (Å²) < 4.78 is 43.9. The fraction of sp³-hybridized carbons (Fsp3) is 0.167. The van der Waals surface area contributed by atoms with E-state index in [1.54, 1.807) is 19.1 Å². The Labute approximate surface area is 136 Å². The summed E-state index contributed by atoms with van der Waals surface area (Å²) in [4.78, 5) is 11.2. The highest BCUT2D eigenvalue weighted by molar-refractivity contribution is 5.92. The van der Waals surface area contributed by atoms with Crippen LogP contribution in [0.2, 0.25) is 0 Å². The van der Waals surface area contributed by atoms with Gasteiger partial charge >= 0.3 is 12.1 Å². The molecule has 0 fully saturated rings. The normalized spacial score (nSPS) is 13.8. The highest BCUT2D eigenvalue weighted by atomic mass is 19.4. The second kappa shape index (κ2) is 5.70. The monoisotopic (exact) mass is 334 g/mol. The molecule has 124 valence electrons. The Morgan fingerprint density at radius 2 is 1.88 bits per heavy atom. The maximum Gasteiger partial charge on any atom is 0.416 e. The fourth-order valence-electron chi connectivity index (χ4n) is 2.72. The van der Waals surface area contributed by atoms with Gasteiger partial charge in [-0.05, 0) is 60.0 Å². The van der Waals surface area contributed by atoms with E-state index in [-0.39, 0.29) is 12.2 Å². The SMILES string of the molecule is Cc1cc(C(F)(F)F)ccc1C1=CCOc2ccc(C(=O)O)cc21. The van der Waals surface area contributed by atoms with E-state index in [1.165, 1.54) is 18.2 Å². The Morgan fingerprint density at radius 1 is 1.12 bits per heavy atom. The average molecular weight is 334 g/mol. The molecule has 0 bridgehead atoms. The highest BCUT2D eigenvalue weighted by Gasteiger charge is 2.31. The van der Waals surface area contributed by atoms with Crippen molar-refractivity contribution in [3.05, 3.63) is 70.3 Å². The Bertz CT molecular complexity index is 851. The zero-order chi connectivity index (χ0) is 17.5. The smallest absolute Gasteiger partial charge is 0.416 e. The molecule has 0 saturated carbocycles. The Morgan fingerprint density at radius 3 is 2.50 bits per heavy atom. The first-order valence-electron chi connectivity index (χ1n) is 7.16. The first-order valence-corrected chi connectivity index (χ1v) is 7.16. The standard InChI is InChI=1S/C18H13F3O3/c1-10-8-12(18(19,20)21)3-4-13(10)14-6-7-24-16-5-2-11(17(22)23)9-15(14)16/h2-6,8-9H,7H2,1H3,(H,22,23). The van der Waals surface area contributed by atoms with E-state index in [1.807, 2.05) is 0 Å². The number of fused-ring (bicyclic) bond motifs is 1. The second-order valence-electron chi connectivity index (χ2n) is 5.47. The minimum absolute atomic E-state index is 0.0923. The van der Waals surface area contributed by atoms with Crippen molar-refractivity contribution in [1.29, 1.82) is 0 Å². The van der Waals surface area contributed by atoms with Crippen LogP contribution in [0.4, 0.5) is 13.2 Å². The lowest BCUT2D eigenvalue weighted by Gasteiger charge is -2.21. The summed E-state index contributed by atoms with van der Waals surface area (Å²) in [6, 6.07) is 7.99. The van der Waals surface area contributed by atoms with Crippen LogP contribution in [-0.2, 0) is 6.18 Å². The molecule has 1 aliphatic rings. The molecule has 0 aliphatic carbocycles. The molecule has 3 nitrogen and oxygen atoms in total. The van der Waals surface area contributed by atoms with Crippen molar-refractivity contribution < 1.29 is 27.8 Å². The van der Waals surface area contributed by atoms with Gasteiger partial charge in [-0.3, -0.25) is 0 Å². The molecule has 0 unspecified atom stereocenters. The zero-order valence-corrected chi connectivity index (χ0v) is 12.6. The third kappa shape index (κ3) is 2.87. The molecule has 1 heterocycles. The summed E-state index contributed by atoms with van der Waals surface area (Å²) in [6.07, 6.45) is -2.66. The van der Waals surface area contributed by atoms with E-state index < -0.39 is 17.7 Å². The van der Waals surface area contributed by atoms with Crippen molar-refractivity contribution in [2.75, 3.05) is 6.61 Å². The van der Waals surface area contributed by atoms with Crippen LogP contribution in [0.15, 0.2) is 42.5 Å². The number of aromatic carboxylic acids is 1. The summed E-state index contributed by atoms with van der Waals surface area (Å²) in [5, 5.41) is 9.14. The van der Waals surface area contributed by atoms with Gasteiger partial charge in [0.2, 0.25) is 0 Å². The van der Waals surface area contributed by atoms with E-state index in [2.05, 4.69) is 0 Å². The van der Waals surface area contributed by atoms with Crippen LogP contribution in [-0.4, -0.2) is 17.7 Å². The van der Waals surface area contributed by atoms with E-state index in [4.69, 9.17) is 9.84 Å². The summed E-state index contributed by atoms with van der Waals surface area (Å²) in [6.45, 7) is 1.87. The Balaban J connectivity index is 2.10. The lowest BCUT2D eigenvalue weighted by Crippen LogP contribution is -2.09. The van der Waals surface area contributed by atoms with Gasteiger partial charge in [0, 0.05) is 5.56 Å². The van der Waals surface area contributed by atoms with Crippen LogP contribution in [0.3, 0.4) is 0 Å². The molecule has 0 aromatic heterocycles. The number of carboxylic acids is 1. The summed E-state index contributed by atoms with van der Waals surface area (Å²) in [5.74, 6) is -0.566. The molecule has 1 aliphatic heterocycles. The van der Waals surface area contributed by atoms with Gasteiger partial charge in [-0.2, -0.15) is 13.2 Å². The molecule has 24 heavy (non-hydrogen) atoms. The number of hydrogen-bond donors (Lipinski definition) is 1. The van der Waals surface area contributed by atoms with Crippen molar-refractivity contribution in [1.82, 2.24) is 0 Å². The number of aryl methyl sites for hydroxylation is 1. The first kappa shape index (κ1) is 16.1. The van der Waals surface area contributed by atoms with Gasteiger partial charge in [0.05, 0.1) is 11.1 Å². The molecule has 2 aromatic carbocycles. The van der Waals surface area contributed by atoms with Crippen molar-refractivity contribution in [2.24, 2.45) is 0 Å². The van der Waals surface area contributed by atoms with Gasteiger partial charge < -0.3 is 9.84 Å². The molecular weight excluding hydrogens is 321 g/mol. The fourth-order valence-corrected chi connectivity index (χ4v) is 2.72. The van der Waals surface area contributed by atoms with E-state index in [0.29, 0.717) is 28.0 Å². The van der Waals surface area contributed by atoms with E-state index in [0.717, 1.165) is 12.1 Å². The van der Waals surface area contributed by atoms with Crippen molar-refractivity contribution >= 4 is 11.5 Å². The van der Waals surface area contributed by atoms with Crippen molar-refractivity contribution in [2.45, 2.75) is 13.1 Å². The zero-order valence-electron chi connectivity index (χ0n) is 12.6. The molecule has 0 radical (unpaired) electrons. The maximum atomic E-state index is 12.8. The minimum Gasteiger partial charge on any atom is -0.489 e. The van der Waals surface area contributed by atoms with Gasteiger partial charge in [-0.15, -0.1) is 0 Å². The number of ether oxygens (including phenoxy) is 1. The number of alkyl halides is 3. The van der Waals surface area contributed by atoms with E-state index >= 15 is 0 Å². The maximum absolute atomic E-state index is 12.8. The second-order valence-corrected chi connectivity index (χ2v) is 5.47. The molecule has 0 spiro atoms. The van der Waals surface area contributed by atoms with Gasteiger partial charge in [0.1, 0.15) is 12.4 Å². The Kier molecular flexibility index (Phi) is 3.83. The predicted octanol–water partition coefficient (Wildman–Crippen LogP) is 4.54. The first-order chi connectivity index (χ1) is 11.3. The lowest BCUT2D eigenvalue weighted by atomic mass is 9.90. The summed E-state index contributed by atoms with van der Waals surface area (Å²) in [7, 11) is 0.